The Labute approximate surface area is 168 Å². The Morgan fingerprint density at radius 1 is 0.821 bits per heavy atom. The highest BCUT2D eigenvalue weighted by Gasteiger charge is 2.02. The van der Waals surface area contributed by atoms with Crippen LogP contribution in [-0.4, -0.2) is 12.7 Å². The fourth-order valence-corrected chi connectivity index (χ4v) is 2.85. The summed E-state index contributed by atoms with van der Waals surface area (Å²) < 4.78 is 11.7. The molecule has 0 aliphatic heterocycles. The van der Waals surface area contributed by atoms with Gasteiger partial charge in [0.25, 0.3) is 0 Å². The van der Waals surface area contributed by atoms with Crippen molar-refractivity contribution in [1.82, 2.24) is 0 Å². The fraction of sp³-hybridized carbons (Fsp3) is 0.280. The zero-order valence-corrected chi connectivity index (χ0v) is 16.7. The summed E-state index contributed by atoms with van der Waals surface area (Å²) in [5.41, 5.74) is 3.56. The minimum absolute atomic E-state index is 0.239. The van der Waals surface area contributed by atoms with Crippen LogP contribution in [0.3, 0.4) is 0 Å². The van der Waals surface area contributed by atoms with Gasteiger partial charge in [0.15, 0.2) is 0 Å². The molecule has 28 heavy (non-hydrogen) atoms. The molecule has 1 unspecified atom stereocenters. The van der Waals surface area contributed by atoms with Crippen LogP contribution in [0, 0.1) is 0 Å². The van der Waals surface area contributed by atoms with E-state index in [2.05, 4.69) is 67.7 Å². The van der Waals surface area contributed by atoms with Gasteiger partial charge in [-0.1, -0.05) is 49.4 Å². The smallest absolute Gasteiger partial charge is 0.119 e. The van der Waals surface area contributed by atoms with Crippen molar-refractivity contribution in [3.63, 3.8) is 0 Å². The predicted octanol–water partition coefficient (Wildman–Crippen LogP) is 6.10. The van der Waals surface area contributed by atoms with E-state index in [9.17, 15) is 0 Å². The van der Waals surface area contributed by atoms with E-state index in [4.69, 9.17) is 9.47 Å². The van der Waals surface area contributed by atoms with Gasteiger partial charge in [0, 0.05) is 18.7 Å². The Balaban J connectivity index is 1.47. The molecule has 3 aromatic carbocycles. The highest BCUT2D eigenvalue weighted by atomic mass is 16.5. The van der Waals surface area contributed by atoms with E-state index in [0.717, 1.165) is 36.6 Å². The maximum Gasteiger partial charge on any atom is 0.119 e. The molecule has 0 spiro atoms. The van der Waals surface area contributed by atoms with Gasteiger partial charge in [-0.25, -0.2) is 0 Å². The van der Waals surface area contributed by atoms with Crippen LogP contribution in [0.5, 0.6) is 11.5 Å². The van der Waals surface area contributed by atoms with Crippen molar-refractivity contribution in [2.45, 2.75) is 39.3 Å². The largest absolute Gasteiger partial charge is 0.493 e. The maximum absolute atomic E-state index is 5.92. The molecule has 146 valence electrons. The second-order valence-electron chi connectivity index (χ2n) is 6.95. The number of hydrogen-bond acceptors (Lipinski definition) is 3. The lowest BCUT2D eigenvalue weighted by molar-refractivity contribution is 0.217. The predicted molar refractivity (Wildman–Crippen MR) is 116 cm³/mol. The van der Waals surface area contributed by atoms with E-state index in [-0.39, 0.29) is 6.10 Å². The van der Waals surface area contributed by atoms with E-state index >= 15 is 0 Å². The minimum atomic E-state index is 0.239. The highest BCUT2D eigenvalue weighted by Crippen LogP contribution is 2.19. The van der Waals surface area contributed by atoms with E-state index in [1.165, 1.54) is 11.1 Å². The molecular weight excluding hydrogens is 346 g/mol. The molecule has 0 saturated carbocycles. The average molecular weight is 376 g/mol. The summed E-state index contributed by atoms with van der Waals surface area (Å²) in [5.74, 6) is 1.82. The van der Waals surface area contributed by atoms with E-state index in [1.54, 1.807) is 0 Å². The molecule has 0 fully saturated rings. The summed E-state index contributed by atoms with van der Waals surface area (Å²) in [6.07, 6.45) is 2.15. The fourth-order valence-electron chi connectivity index (χ4n) is 2.85. The van der Waals surface area contributed by atoms with Gasteiger partial charge < -0.3 is 14.8 Å². The number of nitrogens with one attached hydrogen (secondary N) is 1. The monoisotopic (exact) mass is 375 g/mol. The van der Waals surface area contributed by atoms with Crippen LogP contribution in [0.15, 0.2) is 78.9 Å². The number of ether oxygens (including phenoxy) is 2. The van der Waals surface area contributed by atoms with Crippen molar-refractivity contribution < 1.29 is 9.47 Å². The molecule has 0 saturated heterocycles. The standard InChI is InChI=1S/C25H29NO2/c1-3-20(2)28-24-14-12-23(13-15-24)26-19-22-10-7-11-25(18-22)27-17-16-21-8-5-4-6-9-21/h4-15,18,20,26H,3,16-17,19H2,1-2H3. The lowest BCUT2D eigenvalue weighted by Crippen LogP contribution is -2.09. The molecule has 0 aliphatic carbocycles. The van der Waals surface area contributed by atoms with Gasteiger partial charge in [0.2, 0.25) is 0 Å². The summed E-state index contributed by atoms with van der Waals surface area (Å²) >= 11 is 0. The van der Waals surface area contributed by atoms with Crippen molar-refractivity contribution in [3.05, 3.63) is 90.0 Å². The Hall–Kier alpha value is -2.94. The zero-order valence-electron chi connectivity index (χ0n) is 16.7. The first kappa shape index (κ1) is 19.8. The molecular formula is C25H29NO2. The van der Waals surface area contributed by atoms with Gasteiger partial charge in [-0.3, -0.25) is 0 Å². The number of anilines is 1. The molecule has 0 bridgehead atoms. The van der Waals surface area contributed by atoms with Crippen molar-refractivity contribution in [2.24, 2.45) is 0 Å². The van der Waals surface area contributed by atoms with Gasteiger partial charge in [0.1, 0.15) is 11.5 Å². The minimum Gasteiger partial charge on any atom is -0.493 e. The Morgan fingerprint density at radius 2 is 1.57 bits per heavy atom. The van der Waals surface area contributed by atoms with Crippen molar-refractivity contribution >= 4 is 5.69 Å². The first-order valence-corrected chi connectivity index (χ1v) is 9.99. The molecule has 0 amide bonds. The molecule has 1 N–H and O–H groups in total. The van der Waals surface area contributed by atoms with Crippen LogP contribution in [0.4, 0.5) is 5.69 Å². The van der Waals surface area contributed by atoms with Crippen LogP contribution in [0.1, 0.15) is 31.4 Å². The molecule has 3 heteroatoms. The van der Waals surface area contributed by atoms with Crippen molar-refractivity contribution in [2.75, 3.05) is 11.9 Å². The van der Waals surface area contributed by atoms with Gasteiger partial charge >= 0.3 is 0 Å². The molecule has 3 rings (SSSR count). The zero-order chi connectivity index (χ0) is 19.6. The average Bonchev–Trinajstić information content (AvgIpc) is 2.74. The first-order chi connectivity index (χ1) is 13.7. The Bertz CT molecular complexity index is 831. The lowest BCUT2D eigenvalue weighted by Gasteiger charge is -2.13. The van der Waals surface area contributed by atoms with Gasteiger partial charge in [-0.2, -0.15) is 0 Å². The summed E-state index contributed by atoms with van der Waals surface area (Å²) in [6, 6.07) is 26.8. The number of rotatable bonds is 10. The first-order valence-electron chi connectivity index (χ1n) is 9.99. The Kier molecular flexibility index (Phi) is 7.36. The topological polar surface area (TPSA) is 30.5 Å². The molecule has 3 nitrogen and oxygen atoms in total. The molecule has 1 atom stereocenters. The lowest BCUT2D eigenvalue weighted by atomic mass is 10.2. The van der Waals surface area contributed by atoms with E-state index in [0.29, 0.717) is 6.61 Å². The molecule has 0 aromatic heterocycles. The summed E-state index contributed by atoms with van der Waals surface area (Å²) in [6.45, 7) is 5.64. The third-order valence-electron chi connectivity index (χ3n) is 4.66. The third kappa shape index (κ3) is 6.34. The van der Waals surface area contributed by atoms with Crippen LogP contribution in [0.25, 0.3) is 0 Å². The van der Waals surface area contributed by atoms with E-state index < -0.39 is 0 Å². The highest BCUT2D eigenvalue weighted by molar-refractivity contribution is 5.47. The van der Waals surface area contributed by atoms with Crippen LogP contribution >= 0.6 is 0 Å². The number of benzene rings is 3. The SMILES string of the molecule is CCC(C)Oc1ccc(NCc2cccc(OCCc3ccccc3)c2)cc1. The summed E-state index contributed by atoms with van der Waals surface area (Å²) in [4.78, 5) is 0. The van der Waals surface area contributed by atoms with Crippen LogP contribution in [-0.2, 0) is 13.0 Å². The second kappa shape index (κ2) is 10.4. The quantitative estimate of drug-likeness (QED) is 0.464. The van der Waals surface area contributed by atoms with Crippen LogP contribution < -0.4 is 14.8 Å². The Morgan fingerprint density at radius 3 is 2.32 bits per heavy atom. The summed E-state index contributed by atoms with van der Waals surface area (Å²) in [7, 11) is 0. The van der Waals surface area contributed by atoms with Crippen molar-refractivity contribution in [1.29, 1.82) is 0 Å². The van der Waals surface area contributed by atoms with Crippen molar-refractivity contribution in [3.8, 4) is 11.5 Å². The molecule has 0 radical (unpaired) electrons. The van der Waals surface area contributed by atoms with Crippen LogP contribution in [0.2, 0.25) is 0 Å². The van der Waals surface area contributed by atoms with Gasteiger partial charge in [0.05, 0.1) is 12.7 Å². The second-order valence-corrected chi connectivity index (χ2v) is 6.95. The summed E-state index contributed by atoms with van der Waals surface area (Å²) in [5, 5.41) is 3.45. The maximum atomic E-state index is 5.92. The molecule has 0 aliphatic rings. The van der Waals surface area contributed by atoms with Gasteiger partial charge in [-0.15, -0.1) is 0 Å². The molecule has 3 aromatic rings. The van der Waals surface area contributed by atoms with Gasteiger partial charge in [-0.05, 0) is 60.9 Å². The normalized spacial score (nSPS) is 11.6. The molecule has 0 heterocycles. The third-order valence-corrected chi connectivity index (χ3v) is 4.66. The van der Waals surface area contributed by atoms with E-state index in [1.807, 2.05) is 30.3 Å². The number of hydrogen-bond donors (Lipinski definition) is 1.